The number of benzene rings is 2. The zero-order valence-corrected chi connectivity index (χ0v) is 35.5. The number of anilines is 2. The lowest BCUT2D eigenvalue weighted by Gasteiger charge is -2.63. The van der Waals surface area contributed by atoms with Gasteiger partial charge in [0.1, 0.15) is 29.5 Å². The summed E-state index contributed by atoms with van der Waals surface area (Å²) in [4.78, 5) is 76.8. The number of amides is 3. The van der Waals surface area contributed by atoms with E-state index in [1.807, 2.05) is 24.3 Å². The van der Waals surface area contributed by atoms with Gasteiger partial charge in [-0.25, -0.2) is 4.98 Å². The third kappa shape index (κ3) is 7.76. The van der Waals surface area contributed by atoms with E-state index in [9.17, 15) is 29.2 Å². The number of pyridine rings is 1. The summed E-state index contributed by atoms with van der Waals surface area (Å²) in [7, 11) is 0. The van der Waals surface area contributed by atoms with E-state index in [-0.39, 0.29) is 70.8 Å². The Bertz CT molecular complexity index is 2240. The number of nitrogens with zero attached hydrogens (tertiary/aromatic N) is 6. The molecule has 2 aliphatic carbocycles. The van der Waals surface area contributed by atoms with Gasteiger partial charge >= 0.3 is 0 Å². The quantitative estimate of drug-likeness (QED) is 0.191. The Morgan fingerprint density at radius 2 is 1.57 bits per heavy atom. The standard InChI is InChI=1S/C46H52ClN7O6/c1-45(2)43(46(3,4)44(45)60-33-11-7-30(26-48)36(47)24-33)50-40(57)29-5-8-31(9-6-29)52-17-14-28(15-18-52)13-16-51-19-21-53(22-20-51)39-25-34-35(27-49-39)42(59)54(41(34)58)37-12-10-32(55)23-38(37)56/h5-9,11,24-25,27-28,37,43-44H,10,12-23H2,1-4H3,(H,50,57). The molecule has 13 nitrogen and oxygen atoms in total. The summed E-state index contributed by atoms with van der Waals surface area (Å²) in [5, 5.41) is 12.9. The minimum absolute atomic E-state index is 0.109. The summed E-state index contributed by atoms with van der Waals surface area (Å²) in [6, 6.07) is 15.8. The van der Waals surface area contributed by atoms with Gasteiger partial charge in [0.2, 0.25) is 0 Å². The van der Waals surface area contributed by atoms with Crippen LogP contribution in [0.5, 0.6) is 5.75 Å². The number of hydrogen-bond acceptors (Lipinski definition) is 11. The molecule has 4 heterocycles. The van der Waals surface area contributed by atoms with Crippen molar-refractivity contribution in [3.63, 3.8) is 0 Å². The number of ether oxygens (including phenoxy) is 1. The largest absolute Gasteiger partial charge is 0.489 e. The van der Waals surface area contributed by atoms with Crippen molar-refractivity contribution in [3.8, 4) is 11.8 Å². The molecule has 14 heteroatoms. The van der Waals surface area contributed by atoms with E-state index in [4.69, 9.17) is 16.3 Å². The summed E-state index contributed by atoms with van der Waals surface area (Å²) in [5.41, 5.74) is 1.94. The second-order valence-corrected chi connectivity index (χ2v) is 18.6. The highest BCUT2D eigenvalue weighted by Crippen LogP contribution is 2.55. The molecule has 314 valence electrons. The fourth-order valence-electron chi connectivity index (χ4n) is 10.4. The Labute approximate surface area is 356 Å². The molecule has 2 aromatic carbocycles. The van der Waals surface area contributed by atoms with Gasteiger partial charge in [0.05, 0.1) is 34.2 Å². The Morgan fingerprint density at radius 1 is 0.883 bits per heavy atom. The first-order valence-electron chi connectivity index (χ1n) is 21.1. The highest BCUT2D eigenvalue weighted by molar-refractivity contribution is 6.31. The van der Waals surface area contributed by atoms with E-state index in [1.54, 1.807) is 24.3 Å². The Balaban J connectivity index is 0.769. The van der Waals surface area contributed by atoms with Gasteiger partial charge in [0.15, 0.2) is 5.78 Å². The smallest absolute Gasteiger partial charge is 0.263 e. The van der Waals surface area contributed by atoms with Crippen molar-refractivity contribution >= 4 is 52.4 Å². The number of fused-ring (bicyclic) bond motifs is 1. The molecule has 1 unspecified atom stereocenters. The maximum atomic E-state index is 13.5. The minimum atomic E-state index is -0.888. The van der Waals surface area contributed by atoms with E-state index in [0.29, 0.717) is 33.6 Å². The van der Waals surface area contributed by atoms with Gasteiger partial charge in [-0.05, 0) is 80.6 Å². The molecule has 60 heavy (non-hydrogen) atoms. The molecule has 3 amide bonds. The number of piperidine rings is 1. The molecule has 1 atom stereocenters. The van der Waals surface area contributed by atoms with Gasteiger partial charge in [-0.1, -0.05) is 39.3 Å². The van der Waals surface area contributed by atoms with Crippen LogP contribution in [0.2, 0.25) is 5.02 Å². The average molecular weight is 834 g/mol. The predicted molar refractivity (Wildman–Crippen MR) is 226 cm³/mol. The fourth-order valence-corrected chi connectivity index (χ4v) is 10.6. The lowest BCUT2D eigenvalue weighted by atomic mass is 9.49. The van der Waals surface area contributed by atoms with E-state index < -0.39 is 17.9 Å². The van der Waals surface area contributed by atoms with Crippen molar-refractivity contribution in [3.05, 3.63) is 82.0 Å². The van der Waals surface area contributed by atoms with Crippen LogP contribution < -0.4 is 19.9 Å². The van der Waals surface area contributed by atoms with Crippen LogP contribution in [0.15, 0.2) is 54.7 Å². The van der Waals surface area contributed by atoms with Crippen molar-refractivity contribution in [2.24, 2.45) is 16.7 Å². The van der Waals surface area contributed by atoms with Gasteiger partial charge in [-0.3, -0.25) is 33.8 Å². The third-order valence-corrected chi connectivity index (χ3v) is 13.9. The van der Waals surface area contributed by atoms with Gasteiger partial charge in [-0.15, -0.1) is 0 Å². The maximum Gasteiger partial charge on any atom is 0.263 e. The van der Waals surface area contributed by atoms with Crippen LogP contribution in [0, 0.1) is 28.1 Å². The molecule has 0 spiro atoms. The van der Waals surface area contributed by atoms with Crippen LogP contribution in [0.4, 0.5) is 11.5 Å². The number of piperazine rings is 1. The summed E-state index contributed by atoms with van der Waals surface area (Å²) in [6.07, 6.45) is 4.75. The van der Waals surface area contributed by atoms with Crippen LogP contribution in [-0.2, 0) is 9.59 Å². The number of imide groups is 1. The number of nitrogens with one attached hydrogen (secondary N) is 1. The third-order valence-electron chi connectivity index (χ3n) is 13.6. The van der Waals surface area contributed by atoms with E-state index in [0.717, 1.165) is 75.7 Å². The number of carbonyl (C=O) groups excluding carboxylic acids is 5. The molecule has 0 radical (unpaired) electrons. The molecule has 5 aliphatic rings. The SMILES string of the molecule is CC1(C)C(NC(=O)c2ccc(N3CCC(CCN4CCN(c5cc6c(cn5)C(=O)N(C5CCC(=O)CC5=O)C6=O)CC4)CC3)cc2)C(C)(C)C1Oc1ccc(C#N)c(Cl)c1. The number of ketones is 2. The van der Waals surface area contributed by atoms with Crippen molar-refractivity contribution in [2.45, 2.75) is 84.4 Å². The molecule has 1 aromatic heterocycles. The second-order valence-electron chi connectivity index (χ2n) is 18.2. The predicted octanol–water partition coefficient (Wildman–Crippen LogP) is 5.93. The average Bonchev–Trinajstić information content (AvgIpc) is 3.49. The maximum absolute atomic E-state index is 13.5. The van der Waals surface area contributed by atoms with E-state index >= 15 is 0 Å². The van der Waals surface area contributed by atoms with Crippen molar-refractivity contribution in [1.82, 2.24) is 20.1 Å². The van der Waals surface area contributed by atoms with E-state index in [1.165, 1.54) is 6.20 Å². The molecule has 4 fully saturated rings. The van der Waals surface area contributed by atoms with Gasteiger partial charge in [0.25, 0.3) is 17.7 Å². The summed E-state index contributed by atoms with van der Waals surface area (Å²) in [6.45, 7) is 14.6. The molecule has 3 aliphatic heterocycles. The number of carbonyl (C=O) groups is 5. The molecule has 3 aromatic rings. The molecule has 2 saturated heterocycles. The Morgan fingerprint density at radius 3 is 2.22 bits per heavy atom. The summed E-state index contributed by atoms with van der Waals surface area (Å²) < 4.78 is 6.38. The number of hydrogen-bond donors (Lipinski definition) is 1. The lowest BCUT2D eigenvalue weighted by molar-refractivity contribution is -0.164. The van der Waals surface area contributed by atoms with Crippen LogP contribution in [-0.4, -0.2) is 108 Å². The molecule has 8 rings (SSSR count). The van der Waals surface area contributed by atoms with Crippen molar-refractivity contribution in [2.75, 3.05) is 55.6 Å². The number of halogens is 1. The summed E-state index contributed by atoms with van der Waals surface area (Å²) in [5.74, 6) is 0.260. The van der Waals surface area contributed by atoms with E-state index in [2.05, 4.69) is 58.8 Å². The highest BCUT2D eigenvalue weighted by Gasteiger charge is 2.64. The minimum Gasteiger partial charge on any atom is -0.489 e. The van der Waals surface area contributed by atoms with Gasteiger partial charge < -0.3 is 19.9 Å². The molecule has 1 N–H and O–H groups in total. The lowest BCUT2D eigenvalue weighted by Crippen LogP contribution is -2.74. The van der Waals surface area contributed by atoms with Crippen LogP contribution in [0.1, 0.15) is 103 Å². The highest BCUT2D eigenvalue weighted by atomic mass is 35.5. The second kappa shape index (κ2) is 16.3. The zero-order chi connectivity index (χ0) is 42.5. The summed E-state index contributed by atoms with van der Waals surface area (Å²) >= 11 is 6.25. The van der Waals surface area contributed by atoms with Gasteiger partial charge in [0, 0.05) is 86.1 Å². The van der Waals surface area contributed by atoms with Crippen molar-refractivity contribution < 1.29 is 28.7 Å². The fraction of sp³-hybridized carbons (Fsp3) is 0.500. The molecule has 2 saturated carbocycles. The Hall–Kier alpha value is -5.32. The number of aromatic nitrogens is 1. The first kappa shape index (κ1) is 41.4. The molecular weight excluding hydrogens is 782 g/mol. The van der Waals surface area contributed by atoms with Gasteiger partial charge in [-0.2, -0.15) is 5.26 Å². The number of rotatable bonds is 10. The molecule has 0 bridgehead atoms. The number of nitriles is 1. The Kier molecular flexibility index (Phi) is 11.2. The monoisotopic (exact) mass is 833 g/mol. The number of Topliss-reactive ketones (excluding diaryl/α,β-unsaturated/α-hetero) is 2. The van der Waals surface area contributed by atoms with Crippen molar-refractivity contribution in [1.29, 1.82) is 5.26 Å². The first-order chi connectivity index (χ1) is 28.6. The van der Waals surface area contributed by atoms with Crippen LogP contribution in [0.3, 0.4) is 0 Å². The normalized spacial score (nSPS) is 24.2. The van der Waals surface area contributed by atoms with Crippen LogP contribution in [0.25, 0.3) is 0 Å². The first-order valence-corrected chi connectivity index (χ1v) is 21.5. The molecular formula is C46H52ClN7O6. The zero-order valence-electron chi connectivity index (χ0n) is 34.7. The topological polar surface area (TPSA) is 156 Å². The van der Waals surface area contributed by atoms with Crippen LogP contribution >= 0.6 is 11.6 Å².